The van der Waals surface area contributed by atoms with Crippen LogP contribution in [0.3, 0.4) is 0 Å². The SMILES string of the molecule is CN(CC1CCCCC1)c1cccc(Br)c1CN. The van der Waals surface area contributed by atoms with E-state index in [2.05, 4.69) is 46.1 Å². The van der Waals surface area contributed by atoms with Crippen LogP contribution in [-0.2, 0) is 6.54 Å². The van der Waals surface area contributed by atoms with Crippen LogP contribution in [0.5, 0.6) is 0 Å². The second kappa shape index (κ2) is 6.58. The summed E-state index contributed by atoms with van der Waals surface area (Å²) in [5, 5.41) is 0. The fourth-order valence-electron chi connectivity index (χ4n) is 2.96. The Labute approximate surface area is 119 Å². The van der Waals surface area contributed by atoms with Crippen molar-refractivity contribution in [2.75, 3.05) is 18.5 Å². The Kier molecular flexibility index (Phi) is 5.07. The van der Waals surface area contributed by atoms with Gasteiger partial charge in [0.05, 0.1) is 0 Å². The number of halogens is 1. The summed E-state index contributed by atoms with van der Waals surface area (Å²) in [5.74, 6) is 0.855. The molecule has 100 valence electrons. The molecule has 1 aromatic rings. The van der Waals surface area contributed by atoms with E-state index in [0.717, 1.165) is 16.9 Å². The van der Waals surface area contributed by atoms with Gasteiger partial charge in [-0.05, 0) is 30.9 Å². The smallest absolute Gasteiger partial charge is 0.0420 e. The average molecular weight is 311 g/mol. The van der Waals surface area contributed by atoms with Gasteiger partial charge in [0.25, 0.3) is 0 Å². The van der Waals surface area contributed by atoms with Crippen LogP contribution in [0.2, 0.25) is 0 Å². The molecule has 0 radical (unpaired) electrons. The van der Waals surface area contributed by atoms with E-state index in [0.29, 0.717) is 6.54 Å². The van der Waals surface area contributed by atoms with E-state index in [4.69, 9.17) is 5.73 Å². The lowest BCUT2D eigenvalue weighted by molar-refractivity contribution is 0.362. The van der Waals surface area contributed by atoms with Crippen LogP contribution in [0.15, 0.2) is 22.7 Å². The Bertz CT molecular complexity index is 386. The standard InChI is InChI=1S/C15H23BrN2/c1-18(11-12-6-3-2-4-7-12)15-9-5-8-14(16)13(15)10-17/h5,8-9,12H,2-4,6-7,10-11,17H2,1H3. The van der Waals surface area contributed by atoms with E-state index in [1.54, 1.807) is 0 Å². The van der Waals surface area contributed by atoms with Gasteiger partial charge < -0.3 is 10.6 Å². The van der Waals surface area contributed by atoms with Crippen LogP contribution >= 0.6 is 15.9 Å². The van der Waals surface area contributed by atoms with Crippen molar-refractivity contribution in [3.8, 4) is 0 Å². The summed E-state index contributed by atoms with van der Waals surface area (Å²) in [5.41, 5.74) is 8.36. The molecule has 0 aliphatic heterocycles. The lowest BCUT2D eigenvalue weighted by atomic mass is 9.89. The normalized spacial score (nSPS) is 16.8. The molecule has 18 heavy (non-hydrogen) atoms. The van der Waals surface area contributed by atoms with Gasteiger partial charge in [-0.2, -0.15) is 0 Å². The van der Waals surface area contributed by atoms with E-state index in [9.17, 15) is 0 Å². The van der Waals surface area contributed by atoms with Gasteiger partial charge in [-0.3, -0.25) is 0 Å². The van der Waals surface area contributed by atoms with Crippen molar-refractivity contribution in [1.29, 1.82) is 0 Å². The minimum atomic E-state index is 0.589. The largest absolute Gasteiger partial charge is 0.374 e. The fraction of sp³-hybridized carbons (Fsp3) is 0.600. The van der Waals surface area contributed by atoms with E-state index >= 15 is 0 Å². The monoisotopic (exact) mass is 310 g/mol. The van der Waals surface area contributed by atoms with Gasteiger partial charge in [0, 0.05) is 35.9 Å². The highest BCUT2D eigenvalue weighted by Crippen LogP contribution is 2.30. The van der Waals surface area contributed by atoms with Crippen molar-refractivity contribution in [3.05, 3.63) is 28.2 Å². The lowest BCUT2D eigenvalue weighted by Gasteiger charge is -2.29. The summed E-state index contributed by atoms with van der Waals surface area (Å²) >= 11 is 3.59. The lowest BCUT2D eigenvalue weighted by Crippen LogP contribution is -2.28. The number of anilines is 1. The highest BCUT2D eigenvalue weighted by atomic mass is 79.9. The number of hydrogen-bond acceptors (Lipinski definition) is 2. The van der Waals surface area contributed by atoms with E-state index in [1.807, 2.05) is 0 Å². The molecule has 1 aliphatic carbocycles. The van der Waals surface area contributed by atoms with E-state index in [-0.39, 0.29) is 0 Å². The zero-order valence-corrected chi connectivity index (χ0v) is 12.7. The first-order valence-electron chi connectivity index (χ1n) is 6.91. The summed E-state index contributed by atoms with van der Waals surface area (Å²) < 4.78 is 1.12. The summed E-state index contributed by atoms with van der Waals surface area (Å²) in [6.45, 7) is 1.75. The minimum Gasteiger partial charge on any atom is -0.374 e. The quantitative estimate of drug-likeness (QED) is 0.913. The summed E-state index contributed by atoms with van der Waals surface area (Å²) in [4.78, 5) is 2.38. The van der Waals surface area contributed by atoms with Gasteiger partial charge in [0.15, 0.2) is 0 Å². The number of nitrogens with zero attached hydrogens (tertiary/aromatic N) is 1. The summed E-state index contributed by atoms with van der Waals surface area (Å²) in [6.07, 6.45) is 7.00. The van der Waals surface area contributed by atoms with Crippen LogP contribution in [-0.4, -0.2) is 13.6 Å². The second-order valence-corrected chi connectivity index (χ2v) is 6.18. The molecular formula is C15H23BrN2. The zero-order valence-electron chi connectivity index (χ0n) is 11.2. The molecule has 2 nitrogen and oxygen atoms in total. The Morgan fingerprint density at radius 1 is 1.28 bits per heavy atom. The Morgan fingerprint density at radius 2 is 2.00 bits per heavy atom. The molecule has 2 rings (SSSR count). The van der Waals surface area contributed by atoms with Crippen molar-refractivity contribution >= 4 is 21.6 Å². The summed E-state index contributed by atoms with van der Waals surface area (Å²) in [6, 6.07) is 6.34. The maximum atomic E-state index is 5.87. The van der Waals surface area contributed by atoms with Crippen molar-refractivity contribution in [2.24, 2.45) is 11.7 Å². The Hall–Kier alpha value is -0.540. The molecule has 0 spiro atoms. The second-order valence-electron chi connectivity index (χ2n) is 5.33. The first-order valence-corrected chi connectivity index (χ1v) is 7.70. The molecule has 0 aromatic heterocycles. The van der Waals surface area contributed by atoms with Crippen LogP contribution in [0.4, 0.5) is 5.69 Å². The molecule has 0 unspecified atom stereocenters. The molecule has 1 aromatic carbocycles. The van der Waals surface area contributed by atoms with Crippen LogP contribution in [0, 0.1) is 5.92 Å². The van der Waals surface area contributed by atoms with Crippen molar-refractivity contribution < 1.29 is 0 Å². The zero-order chi connectivity index (χ0) is 13.0. The Morgan fingerprint density at radius 3 is 2.67 bits per heavy atom. The molecule has 0 amide bonds. The highest BCUT2D eigenvalue weighted by molar-refractivity contribution is 9.10. The third-order valence-corrected chi connectivity index (χ3v) is 4.71. The molecular weight excluding hydrogens is 288 g/mol. The maximum absolute atomic E-state index is 5.87. The minimum absolute atomic E-state index is 0.589. The fourth-order valence-corrected chi connectivity index (χ4v) is 3.48. The van der Waals surface area contributed by atoms with Gasteiger partial charge in [-0.15, -0.1) is 0 Å². The predicted molar refractivity (Wildman–Crippen MR) is 81.9 cm³/mol. The third-order valence-electron chi connectivity index (χ3n) is 3.97. The molecule has 1 aliphatic rings. The predicted octanol–water partition coefficient (Wildman–Crippen LogP) is 3.92. The molecule has 1 saturated carbocycles. The van der Waals surface area contributed by atoms with Crippen LogP contribution in [0.25, 0.3) is 0 Å². The molecule has 3 heteroatoms. The average Bonchev–Trinajstić information content (AvgIpc) is 2.39. The Balaban J connectivity index is 2.07. The van der Waals surface area contributed by atoms with Crippen molar-refractivity contribution in [1.82, 2.24) is 0 Å². The molecule has 0 atom stereocenters. The van der Waals surface area contributed by atoms with Crippen LogP contribution < -0.4 is 10.6 Å². The molecule has 1 fully saturated rings. The van der Waals surface area contributed by atoms with Gasteiger partial charge >= 0.3 is 0 Å². The molecule has 0 heterocycles. The van der Waals surface area contributed by atoms with E-state index < -0.39 is 0 Å². The number of nitrogens with two attached hydrogens (primary N) is 1. The molecule has 0 bridgehead atoms. The summed E-state index contributed by atoms with van der Waals surface area (Å²) in [7, 11) is 2.19. The van der Waals surface area contributed by atoms with Crippen molar-refractivity contribution in [3.63, 3.8) is 0 Å². The number of hydrogen-bond donors (Lipinski definition) is 1. The van der Waals surface area contributed by atoms with Crippen LogP contribution in [0.1, 0.15) is 37.7 Å². The van der Waals surface area contributed by atoms with Gasteiger partial charge in [0.1, 0.15) is 0 Å². The molecule has 0 saturated heterocycles. The van der Waals surface area contributed by atoms with Gasteiger partial charge in [0.2, 0.25) is 0 Å². The first-order chi connectivity index (χ1) is 8.72. The number of benzene rings is 1. The third kappa shape index (κ3) is 3.27. The number of rotatable bonds is 4. The topological polar surface area (TPSA) is 29.3 Å². The van der Waals surface area contributed by atoms with Gasteiger partial charge in [-0.25, -0.2) is 0 Å². The highest BCUT2D eigenvalue weighted by Gasteiger charge is 2.17. The molecule has 2 N–H and O–H groups in total. The maximum Gasteiger partial charge on any atom is 0.0420 e. The van der Waals surface area contributed by atoms with Crippen molar-refractivity contribution in [2.45, 2.75) is 38.6 Å². The first kappa shape index (κ1) is 13.9. The van der Waals surface area contributed by atoms with E-state index in [1.165, 1.54) is 43.4 Å². The van der Waals surface area contributed by atoms with Gasteiger partial charge in [-0.1, -0.05) is 41.3 Å².